The monoisotopic (exact) mass is 139 g/mol. The third kappa shape index (κ3) is 1.47. The van der Waals surface area contributed by atoms with Crippen molar-refractivity contribution in [2.75, 3.05) is 0 Å². The van der Waals surface area contributed by atoms with Crippen molar-refractivity contribution in [2.24, 2.45) is 5.73 Å². The molecule has 0 aliphatic carbocycles. The minimum absolute atomic E-state index is 0.569. The highest BCUT2D eigenvalue weighted by atomic mass is 32.1. The second-order valence-electron chi connectivity index (χ2n) is 1.83. The Bertz CT molecular complexity index is 198. The van der Waals surface area contributed by atoms with E-state index in [-0.39, 0.29) is 0 Å². The summed E-state index contributed by atoms with van der Waals surface area (Å²) in [6.45, 7) is 0.569. The molecule has 0 unspecified atom stereocenters. The Balaban J connectivity index is 3.01. The van der Waals surface area contributed by atoms with E-state index in [0.29, 0.717) is 6.54 Å². The smallest absolute Gasteiger partial charge is 0.0189 e. The molecule has 0 fully saturated rings. The maximum Gasteiger partial charge on any atom is 0.0189 e. The Hall–Kier alpha value is -0.470. The third-order valence-corrected chi connectivity index (χ3v) is 1.65. The molecule has 0 atom stereocenters. The van der Waals surface area contributed by atoms with Gasteiger partial charge >= 0.3 is 0 Å². The van der Waals surface area contributed by atoms with Crippen molar-refractivity contribution in [1.29, 1.82) is 0 Å². The predicted molar refractivity (Wildman–Crippen MR) is 41.6 cm³/mol. The molecule has 0 aliphatic rings. The average Bonchev–Trinajstić information content (AvgIpc) is 1.89. The highest BCUT2D eigenvalue weighted by Crippen LogP contribution is 2.10. The summed E-state index contributed by atoms with van der Waals surface area (Å²) in [5.41, 5.74) is 6.50. The van der Waals surface area contributed by atoms with E-state index in [4.69, 9.17) is 5.73 Å². The lowest BCUT2D eigenvalue weighted by molar-refractivity contribution is 1.03. The lowest BCUT2D eigenvalue weighted by Crippen LogP contribution is -1.96. The molecule has 0 aliphatic heterocycles. The summed E-state index contributed by atoms with van der Waals surface area (Å²) in [5.74, 6) is 0. The summed E-state index contributed by atoms with van der Waals surface area (Å²) in [4.78, 5) is 0.972. The quantitative estimate of drug-likeness (QED) is 0.566. The van der Waals surface area contributed by atoms with Crippen LogP contribution in [0.2, 0.25) is 0 Å². The normalized spacial score (nSPS) is 9.56. The van der Waals surface area contributed by atoms with Crippen molar-refractivity contribution in [3.05, 3.63) is 29.8 Å². The van der Waals surface area contributed by atoms with Crippen LogP contribution in [0.4, 0.5) is 0 Å². The second-order valence-corrected chi connectivity index (χ2v) is 2.31. The molecule has 0 heterocycles. The summed E-state index contributed by atoms with van der Waals surface area (Å²) in [5, 5.41) is 0. The van der Waals surface area contributed by atoms with Gasteiger partial charge in [-0.05, 0) is 11.6 Å². The first-order chi connectivity index (χ1) is 4.34. The molecule has 0 amide bonds. The van der Waals surface area contributed by atoms with Crippen molar-refractivity contribution in [3.63, 3.8) is 0 Å². The molecule has 0 bridgehead atoms. The second kappa shape index (κ2) is 2.90. The number of rotatable bonds is 1. The Morgan fingerprint density at radius 1 is 1.33 bits per heavy atom. The lowest BCUT2D eigenvalue weighted by atomic mass is 10.2. The predicted octanol–water partition coefficient (Wildman–Crippen LogP) is 1.43. The van der Waals surface area contributed by atoms with Gasteiger partial charge in [-0.2, -0.15) is 0 Å². The van der Waals surface area contributed by atoms with E-state index in [9.17, 15) is 0 Å². The molecule has 2 N–H and O–H groups in total. The minimum atomic E-state index is 0.569. The fourth-order valence-electron chi connectivity index (χ4n) is 0.683. The van der Waals surface area contributed by atoms with Gasteiger partial charge in [-0.3, -0.25) is 0 Å². The molecule has 1 rings (SSSR count). The first-order valence-corrected chi connectivity index (χ1v) is 3.26. The molecule has 0 spiro atoms. The highest BCUT2D eigenvalue weighted by Gasteiger charge is 1.90. The molecule has 1 aromatic rings. The molecule has 9 heavy (non-hydrogen) atoms. The van der Waals surface area contributed by atoms with Crippen LogP contribution >= 0.6 is 12.6 Å². The van der Waals surface area contributed by atoms with Gasteiger partial charge in [-0.15, -0.1) is 12.6 Å². The molecule has 0 saturated carbocycles. The van der Waals surface area contributed by atoms with Crippen LogP contribution in [0.5, 0.6) is 0 Å². The Labute approximate surface area is 60.3 Å². The first kappa shape index (κ1) is 6.65. The van der Waals surface area contributed by atoms with Crippen molar-refractivity contribution in [2.45, 2.75) is 11.4 Å². The van der Waals surface area contributed by atoms with Crippen LogP contribution in [0.3, 0.4) is 0 Å². The van der Waals surface area contributed by atoms with Crippen LogP contribution in [0, 0.1) is 0 Å². The van der Waals surface area contributed by atoms with Gasteiger partial charge < -0.3 is 5.73 Å². The molecule has 0 saturated heterocycles. The summed E-state index contributed by atoms with van der Waals surface area (Å²) < 4.78 is 0. The van der Waals surface area contributed by atoms with Crippen LogP contribution in [-0.2, 0) is 6.54 Å². The topological polar surface area (TPSA) is 26.0 Å². The zero-order valence-electron chi connectivity index (χ0n) is 5.04. The van der Waals surface area contributed by atoms with E-state index in [1.807, 2.05) is 24.3 Å². The third-order valence-electron chi connectivity index (χ3n) is 1.21. The Morgan fingerprint density at radius 2 is 2.00 bits per heavy atom. The maximum atomic E-state index is 5.40. The van der Waals surface area contributed by atoms with Crippen LogP contribution in [0.15, 0.2) is 29.2 Å². The van der Waals surface area contributed by atoms with Gasteiger partial charge in [0, 0.05) is 11.4 Å². The Morgan fingerprint density at radius 3 is 2.44 bits per heavy atom. The number of benzene rings is 1. The van der Waals surface area contributed by atoms with Gasteiger partial charge in [-0.1, -0.05) is 18.2 Å². The van der Waals surface area contributed by atoms with E-state index in [2.05, 4.69) is 12.6 Å². The van der Waals surface area contributed by atoms with E-state index in [0.717, 1.165) is 10.5 Å². The summed E-state index contributed by atoms with van der Waals surface area (Å²) >= 11 is 4.20. The average molecular weight is 139 g/mol. The SMILES string of the molecule is NCc1ccccc1S. The largest absolute Gasteiger partial charge is 0.326 e. The van der Waals surface area contributed by atoms with E-state index < -0.39 is 0 Å². The number of hydrogen-bond acceptors (Lipinski definition) is 2. The zero-order chi connectivity index (χ0) is 6.69. The zero-order valence-corrected chi connectivity index (χ0v) is 5.94. The molecule has 2 heteroatoms. The Kier molecular flexibility index (Phi) is 2.14. The van der Waals surface area contributed by atoms with Crippen LogP contribution in [0.25, 0.3) is 0 Å². The molecule has 0 aromatic heterocycles. The first-order valence-electron chi connectivity index (χ1n) is 2.81. The molecular weight excluding hydrogens is 130 g/mol. The summed E-state index contributed by atoms with van der Waals surface area (Å²) in [7, 11) is 0. The standard InChI is InChI=1S/C7H9NS/c8-5-6-3-1-2-4-7(6)9/h1-4,9H,5,8H2. The highest BCUT2D eigenvalue weighted by molar-refractivity contribution is 7.80. The number of nitrogens with two attached hydrogens (primary N) is 1. The lowest BCUT2D eigenvalue weighted by Gasteiger charge is -1.97. The fourth-order valence-corrected chi connectivity index (χ4v) is 0.935. The van der Waals surface area contributed by atoms with Crippen molar-refractivity contribution < 1.29 is 0 Å². The molecule has 48 valence electrons. The van der Waals surface area contributed by atoms with Crippen LogP contribution in [-0.4, -0.2) is 0 Å². The molecular formula is C7H9NS. The maximum absolute atomic E-state index is 5.40. The number of hydrogen-bond donors (Lipinski definition) is 2. The van der Waals surface area contributed by atoms with Gasteiger partial charge in [-0.25, -0.2) is 0 Å². The van der Waals surface area contributed by atoms with E-state index >= 15 is 0 Å². The van der Waals surface area contributed by atoms with Gasteiger partial charge in [0.2, 0.25) is 0 Å². The summed E-state index contributed by atoms with van der Waals surface area (Å²) in [6, 6.07) is 7.82. The van der Waals surface area contributed by atoms with Crippen molar-refractivity contribution >= 4 is 12.6 Å². The molecule has 1 aromatic carbocycles. The minimum Gasteiger partial charge on any atom is -0.326 e. The van der Waals surface area contributed by atoms with Crippen molar-refractivity contribution in [3.8, 4) is 0 Å². The molecule has 1 nitrogen and oxygen atoms in total. The fraction of sp³-hybridized carbons (Fsp3) is 0.143. The van der Waals surface area contributed by atoms with Gasteiger partial charge in [0.05, 0.1) is 0 Å². The molecule has 0 radical (unpaired) electrons. The van der Waals surface area contributed by atoms with E-state index in [1.165, 1.54) is 0 Å². The van der Waals surface area contributed by atoms with Gasteiger partial charge in [0.15, 0.2) is 0 Å². The van der Waals surface area contributed by atoms with Crippen molar-refractivity contribution in [1.82, 2.24) is 0 Å². The van der Waals surface area contributed by atoms with Crippen LogP contribution < -0.4 is 5.73 Å². The van der Waals surface area contributed by atoms with Gasteiger partial charge in [0.1, 0.15) is 0 Å². The van der Waals surface area contributed by atoms with Crippen LogP contribution in [0.1, 0.15) is 5.56 Å². The van der Waals surface area contributed by atoms with Gasteiger partial charge in [0.25, 0.3) is 0 Å². The van der Waals surface area contributed by atoms with E-state index in [1.54, 1.807) is 0 Å². The number of thiol groups is 1. The summed E-state index contributed by atoms with van der Waals surface area (Å²) in [6.07, 6.45) is 0.